The molecule has 0 spiro atoms. The van der Waals surface area contributed by atoms with Crippen LogP contribution in [0.4, 0.5) is 5.69 Å². The van der Waals surface area contributed by atoms with Crippen molar-refractivity contribution >= 4 is 23.1 Å². The number of aryl methyl sites for hydroxylation is 2. The van der Waals surface area contributed by atoms with Crippen LogP contribution in [0.1, 0.15) is 37.0 Å². The van der Waals surface area contributed by atoms with Crippen LogP contribution in [-0.4, -0.2) is 42.5 Å². The van der Waals surface area contributed by atoms with Crippen LogP contribution >= 0.6 is 0 Å². The molecule has 0 unspecified atom stereocenters. The van der Waals surface area contributed by atoms with E-state index in [0.717, 1.165) is 36.2 Å². The number of hydrogen-bond acceptors (Lipinski definition) is 4. The number of carbonyl (C=O) groups excluding carboxylic acids is 2. The number of anilines is 1. The summed E-state index contributed by atoms with van der Waals surface area (Å²) in [5, 5.41) is 0. The zero-order valence-electron chi connectivity index (χ0n) is 17.9. The third kappa shape index (κ3) is 3.77. The van der Waals surface area contributed by atoms with E-state index < -0.39 is 0 Å². The van der Waals surface area contributed by atoms with Crippen LogP contribution in [0.25, 0.3) is 5.57 Å². The predicted molar refractivity (Wildman–Crippen MR) is 118 cm³/mol. The molecule has 0 N–H and O–H groups in total. The monoisotopic (exact) mass is 404 g/mol. The molecular formula is C25H28N2O3. The molecule has 5 heteroatoms. The number of rotatable bonds is 6. The Kier molecular flexibility index (Phi) is 5.73. The summed E-state index contributed by atoms with van der Waals surface area (Å²) in [4.78, 5) is 30.3. The number of benzene rings is 2. The highest BCUT2D eigenvalue weighted by Gasteiger charge is 2.42. The summed E-state index contributed by atoms with van der Waals surface area (Å²) in [5.74, 6) is -0.478. The Morgan fingerprint density at radius 3 is 2.47 bits per heavy atom. The number of para-hydroxylation sites is 1. The number of nitrogens with zero attached hydrogens (tertiary/aromatic N) is 2. The van der Waals surface area contributed by atoms with Crippen LogP contribution in [0.2, 0.25) is 0 Å². The van der Waals surface area contributed by atoms with E-state index in [1.807, 2.05) is 68.1 Å². The Labute approximate surface area is 177 Å². The molecule has 4 rings (SSSR count). The molecule has 30 heavy (non-hydrogen) atoms. The van der Waals surface area contributed by atoms with E-state index in [0.29, 0.717) is 17.9 Å². The lowest BCUT2D eigenvalue weighted by Gasteiger charge is -2.32. The van der Waals surface area contributed by atoms with Gasteiger partial charge >= 0.3 is 0 Å². The summed E-state index contributed by atoms with van der Waals surface area (Å²) in [6, 6.07) is 16.0. The van der Waals surface area contributed by atoms with E-state index in [9.17, 15) is 9.59 Å². The van der Waals surface area contributed by atoms with Crippen LogP contribution in [0.3, 0.4) is 0 Å². The molecular weight excluding hydrogens is 376 g/mol. The summed E-state index contributed by atoms with van der Waals surface area (Å²) in [7, 11) is 0. The molecule has 0 atom stereocenters. The first-order chi connectivity index (χ1) is 14.5. The number of ether oxygens (including phenoxy) is 1. The van der Waals surface area contributed by atoms with Gasteiger partial charge in [-0.15, -0.1) is 0 Å². The maximum atomic E-state index is 13.5. The van der Waals surface area contributed by atoms with Gasteiger partial charge in [-0.2, -0.15) is 0 Å². The predicted octanol–water partition coefficient (Wildman–Crippen LogP) is 3.95. The van der Waals surface area contributed by atoms with E-state index in [1.165, 1.54) is 10.5 Å². The number of carbonyl (C=O) groups is 2. The van der Waals surface area contributed by atoms with Gasteiger partial charge in [-0.1, -0.05) is 48.0 Å². The fourth-order valence-electron chi connectivity index (χ4n) is 4.14. The first-order valence-electron chi connectivity index (χ1n) is 10.6. The van der Waals surface area contributed by atoms with Crippen molar-refractivity contribution in [3.8, 4) is 0 Å². The quantitative estimate of drug-likeness (QED) is 0.684. The minimum atomic E-state index is -0.241. The second-order valence-corrected chi connectivity index (χ2v) is 8.16. The average Bonchev–Trinajstić information content (AvgIpc) is 2.98. The van der Waals surface area contributed by atoms with Crippen molar-refractivity contribution in [2.24, 2.45) is 0 Å². The zero-order chi connectivity index (χ0) is 21.3. The standard InChI is InChI=1S/C25H28N2O3/c1-17(2)30-16-15-27-24(28)22(20-12-10-18(3)11-13-20)23(25(27)29)26-14-6-8-19-7-4-5-9-21(19)26/h4-5,7,9-13,17H,6,8,14-16H2,1-3H3. The summed E-state index contributed by atoms with van der Waals surface area (Å²) >= 11 is 0. The number of fused-ring (bicyclic) bond motifs is 1. The minimum absolute atomic E-state index is 0.0516. The lowest BCUT2D eigenvalue weighted by molar-refractivity contribution is -0.138. The van der Waals surface area contributed by atoms with E-state index in [4.69, 9.17) is 4.74 Å². The van der Waals surface area contributed by atoms with E-state index in [1.54, 1.807) is 0 Å². The van der Waals surface area contributed by atoms with Crippen molar-refractivity contribution in [1.29, 1.82) is 0 Å². The lowest BCUT2D eigenvalue weighted by atomic mass is 9.98. The fourth-order valence-corrected chi connectivity index (χ4v) is 4.14. The Hall–Kier alpha value is -2.92. The highest BCUT2D eigenvalue weighted by Crippen LogP contribution is 2.37. The lowest BCUT2D eigenvalue weighted by Crippen LogP contribution is -2.39. The Balaban J connectivity index is 1.77. The first-order valence-corrected chi connectivity index (χ1v) is 10.6. The zero-order valence-corrected chi connectivity index (χ0v) is 17.9. The van der Waals surface area contributed by atoms with Crippen molar-refractivity contribution in [3.05, 3.63) is 70.9 Å². The molecule has 2 aromatic carbocycles. The minimum Gasteiger partial charge on any atom is -0.377 e. The van der Waals surface area contributed by atoms with Gasteiger partial charge in [0.1, 0.15) is 5.70 Å². The van der Waals surface area contributed by atoms with Gasteiger partial charge in [0, 0.05) is 12.2 Å². The molecule has 2 heterocycles. The summed E-state index contributed by atoms with van der Waals surface area (Å²) in [6.07, 6.45) is 1.98. The molecule has 0 saturated heterocycles. The van der Waals surface area contributed by atoms with Gasteiger partial charge in [-0.05, 0) is 50.8 Å². The number of imide groups is 1. The molecule has 2 aliphatic rings. The van der Waals surface area contributed by atoms with Crippen LogP contribution in [-0.2, 0) is 20.7 Å². The van der Waals surface area contributed by atoms with Crippen molar-refractivity contribution < 1.29 is 14.3 Å². The molecule has 5 nitrogen and oxygen atoms in total. The molecule has 0 fully saturated rings. The Morgan fingerprint density at radius 1 is 1.00 bits per heavy atom. The highest BCUT2D eigenvalue weighted by atomic mass is 16.5. The summed E-state index contributed by atoms with van der Waals surface area (Å²) < 4.78 is 5.62. The molecule has 0 saturated carbocycles. The topological polar surface area (TPSA) is 49.9 Å². The first kappa shape index (κ1) is 20.4. The van der Waals surface area contributed by atoms with E-state index in [-0.39, 0.29) is 24.5 Å². The second kappa shape index (κ2) is 8.44. The summed E-state index contributed by atoms with van der Waals surface area (Å²) in [5.41, 5.74) is 5.10. The molecule has 0 radical (unpaired) electrons. The number of amides is 2. The normalized spacial score (nSPS) is 16.7. The molecule has 0 bridgehead atoms. The fraction of sp³-hybridized carbons (Fsp3) is 0.360. The smallest absolute Gasteiger partial charge is 0.278 e. The van der Waals surface area contributed by atoms with Crippen LogP contribution in [0.15, 0.2) is 54.2 Å². The molecule has 2 amide bonds. The van der Waals surface area contributed by atoms with Crippen LogP contribution < -0.4 is 4.90 Å². The molecule has 0 aliphatic carbocycles. The third-order valence-corrected chi connectivity index (χ3v) is 5.63. The highest BCUT2D eigenvalue weighted by molar-refractivity contribution is 6.36. The second-order valence-electron chi connectivity index (χ2n) is 8.16. The van der Waals surface area contributed by atoms with Gasteiger partial charge < -0.3 is 9.64 Å². The van der Waals surface area contributed by atoms with Crippen molar-refractivity contribution in [1.82, 2.24) is 4.90 Å². The van der Waals surface area contributed by atoms with Crippen LogP contribution in [0.5, 0.6) is 0 Å². The van der Waals surface area contributed by atoms with Crippen molar-refractivity contribution in [2.45, 2.75) is 39.7 Å². The van der Waals surface area contributed by atoms with Crippen molar-refractivity contribution in [3.63, 3.8) is 0 Å². The maximum Gasteiger partial charge on any atom is 0.278 e. The van der Waals surface area contributed by atoms with Gasteiger partial charge in [0.15, 0.2) is 0 Å². The van der Waals surface area contributed by atoms with Gasteiger partial charge in [-0.25, -0.2) is 0 Å². The van der Waals surface area contributed by atoms with Crippen LogP contribution in [0, 0.1) is 6.92 Å². The molecule has 2 aliphatic heterocycles. The Bertz CT molecular complexity index is 992. The van der Waals surface area contributed by atoms with Gasteiger partial charge in [0.05, 0.1) is 24.8 Å². The van der Waals surface area contributed by atoms with E-state index in [2.05, 4.69) is 6.07 Å². The van der Waals surface area contributed by atoms with Gasteiger partial charge in [-0.3, -0.25) is 14.5 Å². The largest absolute Gasteiger partial charge is 0.377 e. The van der Waals surface area contributed by atoms with Crippen molar-refractivity contribution in [2.75, 3.05) is 24.6 Å². The molecule has 2 aromatic rings. The molecule has 156 valence electrons. The summed E-state index contributed by atoms with van der Waals surface area (Å²) in [6.45, 7) is 7.21. The molecule has 0 aromatic heterocycles. The maximum absolute atomic E-state index is 13.5. The van der Waals surface area contributed by atoms with Gasteiger partial charge in [0.2, 0.25) is 0 Å². The SMILES string of the molecule is Cc1ccc(C2=C(N3CCCc4ccccc43)C(=O)N(CCOC(C)C)C2=O)cc1. The Morgan fingerprint density at radius 2 is 1.73 bits per heavy atom. The average molecular weight is 405 g/mol. The van der Waals surface area contributed by atoms with Gasteiger partial charge in [0.25, 0.3) is 11.8 Å². The number of hydrogen-bond donors (Lipinski definition) is 0. The van der Waals surface area contributed by atoms with E-state index >= 15 is 0 Å². The third-order valence-electron chi connectivity index (χ3n) is 5.63.